The SMILES string of the molecule is Cc1nccn1C(=N)Oc1ccccc1. The third-order valence-electron chi connectivity index (χ3n) is 2.00. The summed E-state index contributed by atoms with van der Waals surface area (Å²) in [5.41, 5.74) is 0. The normalized spacial score (nSPS) is 9.93. The van der Waals surface area contributed by atoms with Crippen molar-refractivity contribution in [3.05, 3.63) is 48.5 Å². The van der Waals surface area contributed by atoms with E-state index >= 15 is 0 Å². The van der Waals surface area contributed by atoms with Gasteiger partial charge in [0, 0.05) is 12.4 Å². The number of aromatic nitrogens is 2. The zero-order chi connectivity index (χ0) is 10.7. The van der Waals surface area contributed by atoms with Gasteiger partial charge in [-0.05, 0) is 19.1 Å². The van der Waals surface area contributed by atoms with Gasteiger partial charge < -0.3 is 4.74 Å². The van der Waals surface area contributed by atoms with Crippen LogP contribution in [-0.2, 0) is 0 Å². The summed E-state index contributed by atoms with van der Waals surface area (Å²) < 4.78 is 6.92. The molecule has 0 aliphatic heterocycles. The van der Waals surface area contributed by atoms with Crippen LogP contribution in [0, 0.1) is 12.3 Å². The van der Waals surface area contributed by atoms with E-state index in [4.69, 9.17) is 10.1 Å². The van der Waals surface area contributed by atoms with Gasteiger partial charge in [-0.15, -0.1) is 0 Å². The summed E-state index contributed by atoms with van der Waals surface area (Å²) >= 11 is 0. The van der Waals surface area contributed by atoms with E-state index in [0.717, 1.165) is 5.82 Å². The third-order valence-corrected chi connectivity index (χ3v) is 2.00. The number of rotatable bonds is 1. The maximum absolute atomic E-state index is 7.73. The zero-order valence-electron chi connectivity index (χ0n) is 8.34. The van der Waals surface area contributed by atoms with Gasteiger partial charge >= 0.3 is 0 Å². The number of hydrogen-bond donors (Lipinski definition) is 1. The lowest BCUT2D eigenvalue weighted by molar-refractivity contribution is 0.516. The largest absolute Gasteiger partial charge is 0.426 e. The molecule has 15 heavy (non-hydrogen) atoms. The molecule has 0 spiro atoms. The van der Waals surface area contributed by atoms with Crippen LogP contribution in [0.3, 0.4) is 0 Å². The van der Waals surface area contributed by atoms with Crippen LogP contribution in [0.4, 0.5) is 0 Å². The van der Waals surface area contributed by atoms with E-state index in [1.807, 2.05) is 25.1 Å². The molecular formula is C11H11N3O. The highest BCUT2D eigenvalue weighted by molar-refractivity contribution is 5.76. The first-order chi connectivity index (χ1) is 7.27. The minimum Gasteiger partial charge on any atom is -0.426 e. The number of hydrogen-bond acceptors (Lipinski definition) is 3. The summed E-state index contributed by atoms with van der Waals surface area (Å²) in [7, 11) is 0. The van der Waals surface area contributed by atoms with Crippen LogP contribution < -0.4 is 4.74 Å². The fourth-order valence-corrected chi connectivity index (χ4v) is 1.24. The molecule has 0 saturated heterocycles. The van der Waals surface area contributed by atoms with Crippen LogP contribution in [-0.4, -0.2) is 15.6 Å². The van der Waals surface area contributed by atoms with E-state index in [1.54, 1.807) is 29.1 Å². The summed E-state index contributed by atoms with van der Waals surface area (Å²) in [6.45, 7) is 1.82. The Labute approximate surface area is 87.7 Å². The highest BCUT2D eigenvalue weighted by Gasteiger charge is 2.05. The lowest BCUT2D eigenvalue weighted by Gasteiger charge is -2.07. The second-order valence-electron chi connectivity index (χ2n) is 3.06. The molecule has 2 aromatic rings. The van der Waals surface area contributed by atoms with Gasteiger partial charge in [0.05, 0.1) is 0 Å². The van der Waals surface area contributed by atoms with E-state index < -0.39 is 0 Å². The maximum Gasteiger partial charge on any atom is 0.299 e. The van der Waals surface area contributed by atoms with E-state index in [1.165, 1.54) is 0 Å². The monoisotopic (exact) mass is 201 g/mol. The van der Waals surface area contributed by atoms with Gasteiger partial charge in [-0.3, -0.25) is 9.98 Å². The quantitative estimate of drug-likeness (QED) is 0.567. The van der Waals surface area contributed by atoms with Crippen LogP contribution in [0.2, 0.25) is 0 Å². The van der Waals surface area contributed by atoms with Gasteiger partial charge in [0.25, 0.3) is 6.02 Å². The van der Waals surface area contributed by atoms with Crippen molar-refractivity contribution in [3.63, 3.8) is 0 Å². The minimum absolute atomic E-state index is 0.0520. The molecule has 4 nitrogen and oxygen atoms in total. The van der Waals surface area contributed by atoms with E-state index in [9.17, 15) is 0 Å². The lowest BCUT2D eigenvalue weighted by atomic mass is 10.3. The number of ether oxygens (including phenoxy) is 1. The van der Waals surface area contributed by atoms with Gasteiger partial charge in [0.15, 0.2) is 0 Å². The highest BCUT2D eigenvalue weighted by Crippen LogP contribution is 2.09. The average molecular weight is 201 g/mol. The minimum atomic E-state index is 0.0520. The van der Waals surface area contributed by atoms with E-state index in [-0.39, 0.29) is 6.02 Å². The first-order valence-corrected chi connectivity index (χ1v) is 4.59. The molecule has 0 saturated carbocycles. The Bertz CT molecular complexity index is 462. The van der Waals surface area contributed by atoms with E-state index in [2.05, 4.69) is 4.98 Å². The molecule has 1 aromatic carbocycles. The predicted molar refractivity (Wildman–Crippen MR) is 57.2 cm³/mol. The molecule has 1 N–H and O–H groups in total. The van der Waals surface area contributed by atoms with Crippen LogP contribution in [0.25, 0.3) is 0 Å². The van der Waals surface area contributed by atoms with Crippen molar-refractivity contribution >= 4 is 6.02 Å². The standard InChI is InChI=1S/C11H11N3O/c1-9-13-7-8-14(9)11(12)15-10-5-3-2-4-6-10/h2-8,12H,1H3. The topological polar surface area (TPSA) is 50.9 Å². The highest BCUT2D eigenvalue weighted by atomic mass is 16.5. The van der Waals surface area contributed by atoms with Crippen LogP contribution in [0.5, 0.6) is 5.75 Å². The molecule has 2 rings (SSSR count). The first kappa shape index (κ1) is 9.45. The van der Waals surface area contributed by atoms with Gasteiger partial charge in [-0.1, -0.05) is 18.2 Å². The van der Waals surface area contributed by atoms with Gasteiger partial charge in [-0.25, -0.2) is 4.98 Å². The molecule has 0 fully saturated rings. The van der Waals surface area contributed by atoms with Crippen molar-refractivity contribution < 1.29 is 4.74 Å². The Morgan fingerprint density at radius 1 is 1.33 bits per heavy atom. The Hall–Kier alpha value is -2.10. The maximum atomic E-state index is 7.73. The number of para-hydroxylation sites is 1. The summed E-state index contributed by atoms with van der Waals surface area (Å²) in [6, 6.07) is 9.30. The molecule has 0 bridgehead atoms. The van der Waals surface area contributed by atoms with Gasteiger partial charge in [0.2, 0.25) is 0 Å². The van der Waals surface area contributed by atoms with Crippen molar-refractivity contribution in [1.82, 2.24) is 9.55 Å². The van der Waals surface area contributed by atoms with Gasteiger partial charge in [0.1, 0.15) is 11.6 Å². The van der Waals surface area contributed by atoms with Crippen LogP contribution >= 0.6 is 0 Å². The molecule has 0 aliphatic carbocycles. The fourth-order valence-electron chi connectivity index (χ4n) is 1.24. The summed E-state index contributed by atoms with van der Waals surface area (Å²) in [5.74, 6) is 1.38. The van der Waals surface area contributed by atoms with Crippen molar-refractivity contribution in [3.8, 4) is 5.75 Å². The Morgan fingerprint density at radius 2 is 2.07 bits per heavy atom. The number of nitrogens with one attached hydrogen (secondary N) is 1. The second-order valence-corrected chi connectivity index (χ2v) is 3.06. The Morgan fingerprint density at radius 3 is 2.67 bits per heavy atom. The zero-order valence-corrected chi connectivity index (χ0v) is 8.34. The Balaban J connectivity index is 2.15. The van der Waals surface area contributed by atoms with Crippen molar-refractivity contribution in [2.45, 2.75) is 6.92 Å². The number of benzene rings is 1. The number of aryl methyl sites for hydroxylation is 1. The van der Waals surface area contributed by atoms with Crippen molar-refractivity contribution in [2.75, 3.05) is 0 Å². The molecule has 1 heterocycles. The molecule has 0 unspecified atom stereocenters. The van der Waals surface area contributed by atoms with Crippen LogP contribution in [0.1, 0.15) is 5.82 Å². The molecular weight excluding hydrogens is 190 g/mol. The summed E-state index contributed by atoms with van der Waals surface area (Å²) in [4.78, 5) is 4.02. The third kappa shape index (κ3) is 2.04. The van der Waals surface area contributed by atoms with Crippen molar-refractivity contribution in [2.24, 2.45) is 0 Å². The van der Waals surface area contributed by atoms with E-state index in [0.29, 0.717) is 5.75 Å². The smallest absolute Gasteiger partial charge is 0.299 e. The lowest BCUT2D eigenvalue weighted by Crippen LogP contribution is -2.18. The first-order valence-electron chi connectivity index (χ1n) is 4.59. The molecule has 76 valence electrons. The predicted octanol–water partition coefficient (Wildman–Crippen LogP) is 2.05. The molecule has 4 heteroatoms. The Kier molecular flexibility index (Phi) is 2.49. The molecule has 0 atom stereocenters. The van der Waals surface area contributed by atoms with Crippen molar-refractivity contribution in [1.29, 1.82) is 5.41 Å². The molecule has 0 radical (unpaired) electrons. The molecule has 0 amide bonds. The molecule has 0 aliphatic rings. The molecule has 1 aromatic heterocycles. The summed E-state index contributed by atoms with van der Waals surface area (Å²) in [6.07, 6.45) is 3.33. The average Bonchev–Trinajstić information content (AvgIpc) is 2.66. The van der Waals surface area contributed by atoms with Crippen LogP contribution in [0.15, 0.2) is 42.7 Å². The number of nitrogens with zero attached hydrogens (tertiary/aromatic N) is 2. The number of imidazole rings is 1. The fraction of sp³-hybridized carbons (Fsp3) is 0.0909. The van der Waals surface area contributed by atoms with Gasteiger partial charge in [-0.2, -0.15) is 0 Å². The summed E-state index contributed by atoms with van der Waals surface area (Å²) in [5, 5.41) is 7.73. The second kappa shape index (κ2) is 3.96.